The third kappa shape index (κ3) is 3.41. The number of pyridine rings is 1. The van der Waals surface area contributed by atoms with Crippen molar-refractivity contribution in [2.45, 2.75) is 70.6 Å². The van der Waals surface area contributed by atoms with Crippen LogP contribution in [-0.4, -0.2) is 35.7 Å². The highest BCUT2D eigenvalue weighted by atomic mass is 16.5. The van der Waals surface area contributed by atoms with Crippen molar-refractivity contribution in [2.75, 3.05) is 6.61 Å². The van der Waals surface area contributed by atoms with Crippen LogP contribution in [0.1, 0.15) is 52.4 Å². The second-order valence-electron chi connectivity index (χ2n) is 6.98. The Morgan fingerprint density at radius 3 is 2.88 bits per heavy atom. The zero-order valence-corrected chi connectivity index (χ0v) is 14.7. The van der Waals surface area contributed by atoms with Crippen molar-refractivity contribution in [3.8, 4) is 5.75 Å². The second kappa shape index (κ2) is 7.51. The third-order valence-electron chi connectivity index (χ3n) is 5.57. The van der Waals surface area contributed by atoms with Crippen molar-refractivity contribution in [1.82, 2.24) is 10.3 Å². The van der Waals surface area contributed by atoms with E-state index in [9.17, 15) is 4.79 Å². The highest BCUT2D eigenvalue weighted by Gasteiger charge is 2.56. The predicted octanol–water partition coefficient (Wildman–Crippen LogP) is 3.09. The van der Waals surface area contributed by atoms with E-state index in [4.69, 9.17) is 9.47 Å². The van der Waals surface area contributed by atoms with Gasteiger partial charge in [0.2, 0.25) is 0 Å². The molecular weight excluding hydrogens is 304 g/mol. The van der Waals surface area contributed by atoms with E-state index in [1.807, 2.05) is 13.0 Å². The molecule has 1 aromatic rings. The number of carbonyl (C=O) groups excluding carboxylic acids is 1. The normalized spacial score (nSPS) is 26.4. The molecule has 1 amide bonds. The molecule has 0 bridgehead atoms. The molecule has 2 aliphatic carbocycles. The van der Waals surface area contributed by atoms with E-state index in [1.54, 1.807) is 25.4 Å². The molecule has 0 aromatic carbocycles. The van der Waals surface area contributed by atoms with Gasteiger partial charge in [0.15, 0.2) is 6.10 Å². The quantitative estimate of drug-likeness (QED) is 0.869. The molecule has 5 nitrogen and oxygen atoms in total. The van der Waals surface area contributed by atoms with Gasteiger partial charge in [-0.1, -0.05) is 19.3 Å². The first-order valence-electron chi connectivity index (χ1n) is 9.14. The summed E-state index contributed by atoms with van der Waals surface area (Å²) in [5.74, 6) is 0.567. The van der Waals surface area contributed by atoms with E-state index in [1.165, 1.54) is 19.3 Å². The van der Waals surface area contributed by atoms with E-state index in [-0.39, 0.29) is 17.4 Å². The Labute approximate surface area is 144 Å². The maximum absolute atomic E-state index is 12.5. The number of rotatable bonds is 6. The average Bonchev–Trinajstić information content (AvgIpc) is 2.62. The van der Waals surface area contributed by atoms with Gasteiger partial charge in [-0.15, -0.1) is 0 Å². The summed E-state index contributed by atoms with van der Waals surface area (Å²) in [6.07, 6.45) is 10.1. The number of aromatic nitrogens is 1. The monoisotopic (exact) mass is 332 g/mol. The molecule has 2 saturated carbocycles. The first-order valence-corrected chi connectivity index (χ1v) is 9.14. The molecule has 2 aliphatic rings. The van der Waals surface area contributed by atoms with Gasteiger partial charge in [0.05, 0.1) is 12.3 Å². The molecule has 3 unspecified atom stereocenters. The van der Waals surface area contributed by atoms with Gasteiger partial charge >= 0.3 is 0 Å². The Kier molecular flexibility index (Phi) is 5.39. The van der Waals surface area contributed by atoms with Crippen LogP contribution < -0.4 is 10.1 Å². The van der Waals surface area contributed by atoms with Crippen LogP contribution in [0.15, 0.2) is 24.5 Å². The summed E-state index contributed by atoms with van der Waals surface area (Å²) in [4.78, 5) is 16.6. The van der Waals surface area contributed by atoms with E-state index in [0.29, 0.717) is 11.9 Å². The van der Waals surface area contributed by atoms with Gasteiger partial charge in [0, 0.05) is 24.3 Å². The number of nitrogens with zero attached hydrogens (tertiary/aromatic N) is 1. The highest BCUT2D eigenvalue weighted by Crippen LogP contribution is 2.53. The van der Waals surface area contributed by atoms with Crippen LogP contribution in [0.2, 0.25) is 0 Å². The number of amides is 1. The first-order chi connectivity index (χ1) is 11.7. The Bertz CT molecular complexity index is 543. The summed E-state index contributed by atoms with van der Waals surface area (Å²) in [6.45, 7) is 4.58. The maximum Gasteiger partial charge on any atom is 0.261 e. The standard InChI is InChI=1S/C19H28N2O3/c1-3-23-17-12-16(19(17)9-5-4-6-10-19)21-18(22)14(2)24-15-8-7-11-20-13-15/h7-8,11,13-14,16-17H,3-6,9-10,12H2,1-2H3,(H,21,22). The first kappa shape index (κ1) is 17.2. The molecule has 1 aromatic heterocycles. The van der Waals surface area contributed by atoms with Gasteiger partial charge < -0.3 is 14.8 Å². The molecular formula is C19H28N2O3. The van der Waals surface area contributed by atoms with Crippen LogP contribution in [0.25, 0.3) is 0 Å². The number of ether oxygens (including phenoxy) is 2. The summed E-state index contributed by atoms with van der Waals surface area (Å²) in [6, 6.07) is 3.82. The Morgan fingerprint density at radius 1 is 1.42 bits per heavy atom. The number of carbonyl (C=O) groups is 1. The van der Waals surface area contributed by atoms with Gasteiger partial charge in [-0.2, -0.15) is 0 Å². The van der Waals surface area contributed by atoms with Crippen molar-refractivity contribution in [1.29, 1.82) is 0 Å². The van der Waals surface area contributed by atoms with Crippen molar-refractivity contribution >= 4 is 5.91 Å². The van der Waals surface area contributed by atoms with E-state index < -0.39 is 6.10 Å². The van der Waals surface area contributed by atoms with Crippen LogP contribution in [-0.2, 0) is 9.53 Å². The fourth-order valence-corrected chi connectivity index (χ4v) is 4.23. The van der Waals surface area contributed by atoms with Crippen LogP contribution in [0.4, 0.5) is 0 Å². The average molecular weight is 332 g/mol. The van der Waals surface area contributed by atoms with E-state index in [2.05, 4.69) is 10.3 Å². The molecule has 0 saturated heterocycles. The van der Waals surface area contributed by atoms with Crippen molar-refractivity contribution in [3.63, 3.8) is 0 Å². The highest BCUT2D eigenvalue weighted by molar-refractivity contribution is 5.81. The Hall–Kier alpha value is -1.62. The number of hydrogen-bond acceptors (Lipinski definition) is 4. The van der Waals surface area contributed by atoms with Crippen LogP contribution in [0.3, 0.4) is 0 Å². The molecule has 1 heterocycles. The molecule has 24 heavy (non-hydrogen) atoms. The lowest BCUT2D eigenvalue weighted by Crippen LogP contribution is -2.66. The van der Waals surface area contributed by atoms with Crippen LogP contribution in [0.5, 0.6) is 5.75 Å². The summed E-state index contributed by atoms with van der Waals surface area (Å²) >= 11 is 0. The Morgan fingerprint density at radius 2 is 2.21 bits per heavy atom. The van der Waals surface area contributed by atoms with Gasteiger partial charge in [0.1, 0.15) is 5.75 Å². The molecule has 2 fully saturated rings. The molecule has 3 rings (SSSR count). The summed E-state index contributed by atoms with van der Waals surface area (Å²) < 4.78 is 11.6. The van der Waals surface area contributed by atoms with Crippen LogP contribution >= 0.6 is 0 Å². The van der Waals surface area contributed by atoms with E-state index >= 15 is 0 Å². The Balaban J connectivity index is 1.59. The lowest BCUT2D eigenvalue weighted by atomic mass is 9.55. The molecule has 0 radical (unpaired) electrons. The lowest BCUT2D eigenvalue weighted by Gasteiger charge is -2.57. The van der Waals surface area contributed by atoms with Gasteiger partial charge in [-0.3, -0.25) is 9.78 Å². The topological polar surface area (TPSA) is 60.5 Å². The van der Waals surface area contributed by atoms with Crippen LogP contribution in [0, 0.1) is 5.41 Å². The van der Waals surface area contributed by atoms with Gasteiger partial charge in [-0.25, -0.2) is 0 Å². The summed E-state index contributed by atoms with van der Waals surface area (Å²) in [7, 11) is 0. The fraction of sp³-hybridized carbons (Fsp3) is 0.684. The fourth-order valence-electron chi connectivity index (χ4n) is 4.23. The zero-order valence-electron chi connectivity index (χ0n) is 14.7. The van der Waals surface area contributed by atoms with Crippen molar-refractivity contribution in [2.24, 2.45) is 5.41 Å². The number of nitrogens with one attached hydrogen (secondary N) is 1. The molecule has 132 valence electrons. The molecule has 5 heteroatoms. The van der Waals surface area contributed by atoms with E-state index in [0.717, 1.165) is 25.9 Å². The molecule has 3 atom stereocenters. The van der Waals surface area contributed by atoms with Crippen molar-refractivity contribution in [3.05, 3.63) is 24.5 Å². The summed E-state index contributed by atoms with van der Waals surface area (Å²) in [5.41, 5.74) is 0.137. The summed E-state index contributed by atoms with van der Waals surface area (Å²) in [5, 5.41) is 3.22. The minimum Gasteiger partial charge on any atom is -0.479 e. The number of hydrogen-bond donors (Lipinski definition) is 1. The second-order valence-corrected chi connectivity index (χ2v) is 6.98. The minimum absolute atomic E-state index is 0.0521. The largest absolute Gasteiger partial charge is 0.479 e. The third-order valence-corrected chi connectivity index (χ3v) is 5.57. The van der Waals surface area contributed by atoms with Gasteiger partial charge in [-0.05, 0) is 45.2 Å². The molecule has 0 aliphatic heterocycles. The maximum atomic E-state index is 12.5. The zero-order chi connectivity index (χ0) is 17.0. The van der Waals surface area contributed by atoms with Crippen molar-refractivity contribution < 1.29 is 14.3 Å². The minimum atomic E-state index is -0.527. The predicted molar refractivity (Wildman–Crippen MR) is 91.8 cm³/mol. The molecule has 1 N–H and O–H groups in total. The SMILES string of the molecule is CCOC1CC(NC(=O)C(C)Oc2cccnc2)C12CCCCC2. The molecule has 1 spiro atoms. The smallest absolute Gasteiger partial charge is 0.261 e. The van der Waals surface area contributed by atoms with Gasteiger partial charge in [0.25, 0.3) is 5.91 Å². The lowest BCUT2D eigenvalue weighted by molar-refractivity contribution is -0.159.